The Labute approximate surface area is 103 Å². The lowest BCUT2D eigenvalue weighted by Gasteiger charge is -2.12. The molecule has 0 aliphatic rings. The van der Waals surface area contributed by atoms with Crippen LogP contribution >= 0.6 is 24.0 Å². The highest BCUT2D eigenvalue weighted by Gasteiger charge is 2.06. The molecular weight excluding hydrogens is 229 g/mol. The summed E-state index contributed by atoms with van der Waals surface area (Å²) < 4.78 is 0. The van der Waals surface area contributed by atoms with Gasteiger partial charge in [-0.3, -0.25) is 0 Å². The molecule has 1 nitrogen and oxygen atoms in total. The van der Waals surface area contributed by atoms with Crippen molar-refractivity contribution >= 4 is 24.0 Å². The minimum absolute atomic E-state index is 0. The smallest absolute Gasteiger partial charge is 0.0435 e. The largest absolute Gasteiger partial charge is 0.324 e. The molecule has 0 aliphatic heterocycles. The molecule has 1 aromatic rings. The molecule has 1 aromatic carbocycles. The van der Waals surface area contributed by atoms with E-state index in [0.717, 1.165) is 17.0 Å². The highest BCUT2D eigenvalue weighted by molar-refractivity contribution is 6.31. The number of hydrogen-bond acceptors (Lipinski definition) is 1. The minimum atomic E-state index is 0. The number of nitrogens with two attached hydrogens (primary N) is 1. The highest BCUT2D eigenvalue weighted by atomic mass is 35.5. The van der Waals surface area contributed by atoms with Crippen molar-refractivity contribution in [2.24, 2.45) is 5.73 Å². The van der Waals surface area contributed by atoms with Crippen LogP contribution in [0.25, 0.3) is 0 Å². The molecule has 0 saturated heterocycles. The molecule has 1 rings (SSSR count). The van der Waals surface area contributed by atoms with E-state index in [9.17, 15) is 0 Å². The zero-order valence-corrected chi connectivity index (χ0v) is 10.9. The molecule has 0 unspecified atom stereocenters. The van der Waals surface area contributed by atoms with Gasteiger partial charge in [0.05, 0.1) is 0 Å². The molecule has 0 saturated carbocycles. The van der Waals surface area contributed by atoms with Crippen LogP contribution in [0.15, 0.2) is 18.2 Å². The molecule has 0 radical (unpaired) electrons. The summed E-state index contributed by atoms with van der Waals surface area (Å²) in [5.41, 5.74) is 8.36. The lowest BCUT2D eigenvalue weighted by atomic mass is 10.0. The molecule has 0 bridgehead atoms. The number of benzene rings is 1. The number of unbranched alkanes of at least 4 members (excludes halogenated alkanes) is 1. The van der Waals surface area contributed by atoms with Crippen molar-refractivity contribution in [3.8, 4) is 0 Å². The van der Waals surface area contributed by atoms with Gasteiger partial charge < -0.3 is 5.73 Å². The molecule has 0 fully saturated rings. The average molecular weight is 248 g/mol. The van der Waals surface area contributed by atoms with E-state index in [0.29, 0.717) is 0 Å². The zero-order valence-electron chi connectivity index (χ0n) is 9.29. The van der Waals surface area contributed by atoms with Gasteiger partial charge in [0.25, 0.3) is 0 Å². The van der Waals surface area contributed by atoms with Gasteiger partial charge in [0.15, 0.2) is 0 Å². The third-order valence-electron chi connectivity index (χ3n) is 2.48. The van der Waals surface area contributed by atoms with E-state index in [2.05, 4.69) is 13.0 Å². The van der Waals surface area contributed by atoms with Gasteiger partial charge in [-0.15, -0.1) is 12.4 Å². The molecule has 0 spiro atoms. The Bertz CT molecular complexity index is 300. The second-order valence-electron chi connectivity index (χ2n) is 3.76. The summed E-state index contributed by atoms with van der Waals surface area (Å²) in [4.78, 5) is 0. The first kappa shape index (κ1) is 14.8. The first-order valence-electron chi connectivity index (χ1n) is 5.16. The van der Waals surface area contributed by atoms with Crippen molar-refractivity contribution in [3.63, 3.8) is 0 Å². The summed E-state index contributed by atoms with van der Waals surface area (Å²) in [6.45, 7) is 4.19. The van der Waals surface area contributed by atoms with Gasteiger partial charge in [-0.05, 0) is 30.5 Å². The third kappa shape index (κ3) is 4.42. The number of hydrogen-bond donors (Lipinski definition) is 1. The zero-order chi connectivity index (χ0) is 10.6. The molecule has 86 valence electrons. The van der Waals surface area contributed by atoms with Crippen molar-refractivity contribution in [1.82, 2.24) is 0 Å². The molecule has 0 heterocycles. The normalized spacial score (nSPS) is 12.0. The first-order valence-corrected chi connectivity index (χ1v) is 5.54. The Morgan fingerprint density at radius 3 is 2.60 bits per heavy atom. The third-order valence-corrected chi connectivity index (χ3v) is 2.90. The maximum absolute atomic E-state index is 6.06. The van der Waals surface area contributed by atoms with Crippen LogP contribution in [0.4, 0.5) is 0 Å². The van der Waals surface area contributed by atoms with E-state index in [1.54, 1.807) is 0 Å². The second kappa shape index (κ2) is 7.10. The molecular formula is C12H19Cl2N. The van der Waals surface area contributed by atoms with Crippen LogP contribution in [0.2, 0.25) is 5.02 Å². The molecule has 0 aromatic heterocycles. The summed E-state index contributed by atoms with van der Waals surface area (Å²) in [6.07, 6.45) is 3.43. The monoisotopic (exact) mass is 247 g/mol. The van der Waals surface area contributed by atoms with Gasteiger partial charge in [-0.1, -0.05) is 43.5 Å². The summed E-state index contributed by atoms with van der Waals surface area (Å²) in [5.74, 6) is 0. The fourth-order valence-corrected chi connectivity index (χ4v) is 1.61. The van der Waals surface area contributed by atoms with Crippen LogP contribution in [0.3, 0.4) is 0 Å². The van der Waals surface area contributed by atoms with Crippen LogP contribution in [0, 0.1) is 6.92 Å². The van der Waals surface area contributed by atoms with Crippen LogP contribution < -0.4 is 5.73 Å². The van der Waals surface area contributed by atoms with Gasteiger partial charge in [-0.2, -0.15) is 0 Å². The Morgan fingerprint density at radius 1 is 1.40 bits per heavy atom. The SMILES string of the molecule is CCCC[C@H](N)c1ccc(Cl)c(C)c1.Cl. The summed E-state index contributed by atoms with van der Waals surface area (Å²) in [6, 6.07) is 6.20. The minimum Gasteiger partial charge on any atom is -0.324 e. The lowest BCUT2D eigenvalue weighted by molar-refractivity contribution is 0.603. The molecule has 15 heavy (non-hydrogen) atoms. The predicted octanol–water partition coefficient (Wildman–Crippen LogP) is 4.26. The maximum Gasteiger partial charge on any atom is 0.0435 e. The van der Waals surface area contributed by atoms with E-state index >= 15 is 0 Å². The number of halogens is 2. The maximum atomic E-state index is 6.06. The average Bonchev–Trinajstić information content (AvgIpc) is 2.18. The Morgan fingerprint density at radius 2 is 2.07 bits per heavy atom. The molecule has 0 aliphatic carbocycles. The number of aryl methyl sites for hydroxylation is 1. The van der Waals surface area contributed by atoms with E-state index in [1.807, 2.05) is 19.1 Å². The summed E-state index contributed by atoms with van der Waals surface area (Å²) in [7, 11) is 0. The Kier molecular flexibility index (Phi) is 6.99. The summed E-state index contributed by atoms with van der Waals surface area (Å²) >= 11 is 5.95. The van der Waals surface area contributed by atoms with Crippen molar-refractivity contribution in [1.29, 1.82) is 0 Å². The molecule has 0 amide bonds. The van der Waals surface area contributed by atoms with Crippen molar-refractivity contribution < 1.29 is 0 Å². The van der Waals surface area contributed by atoms with Gasteiger partial charge in [0.1, 0.15) is 0 Å². The van der Waals surface area contributed by atoms with E-state index < -0.39 is 0 Å². The molecule has 1 atom stereocenters. The van der Waals surface area contributed by atoms with Gasteiger partial charge >= 0.3 is 0 Å². The van der Waals surface area contributed by atoms with Crippen LogP contribution in [-0.4, -0.2) is 0 Å². The van der Waals surface area contributed by atoms with Crippen LogP contribution in [0.1, 0.15) is 43.4 Å². The van der Waals surface area contributed by atoms with Gasteiger partial charge in [-0.25, -0.2) is 0 Å². The van der Waals surface area contributed by atoms with Crippen molar-refractivity contribution in [3.05, 3.63) is 34.3 Å². The van der Waals surface area contributed by atoms with Crippen LogP contribution in [-0.2, 0) is 0 Å². The fraction of sp³-hybridized carbons (Fsp3) is 0.500. The second-order valence-corrected chi connectivity index (χ2v) is 4.16. The van der Waals surface area contributed by atoms with Crippen molar-refractivity contribution in [2.75, 3.05) is 0 Å². The molecule has 2 N–H and O–H groups in total. The quantitative estimate of drug-likeness (QED) is 0.846. The van der Waals surface area contributed by atoms with Crippen LogP contribution in [0.5, 0.6) is 0 Å². The highest BCUT2D eigenvalue weighted by Crippen LogP contribution is 2.22. The Balaban J connectivity index is 0.00000196. The Hall–Kier alpha value is -0.240. The number of rotatable bonds is 4. The standard InChI is InChI=1S/C12H18ClN.ClH/c1-3-4-5-12(14)10-6-7-11(13)9(2)8-10;/h6-8,12H,3-5,14H2,1-2H3;1H/t12-;/m0./s1. The lowest BCUT2D eigenvalue weighted by Crippen LogP contribution is -2.10. The topological polar surface area (TPSA) is 26.0 Å². The fourth-order valence-electron chi connectivity index (χ4n) is 1.49. The van der Waals surface area contributed by atoms with E-state index in [1.165, 1.54) is 18.4 Å². The van der Waals surface area contributed by atoms with E-state index in [-0.39, 0.29) is 18.4 Å². The molecule has 3 heteroatoms. The van der Waals surface area contributed by atoms with Gasteiger partial charge in [0, 0.05) is 11.1 Å². The van der Waals surface area contributed by atoms with E-state index in [4.69, 9.17) is 17.3 Å². The van der Waals surface area contributed by atoms with Gasteiger partial charge in [0.2, 0.25) is 0 Å². The predicted molar refractivity (Wildman–Crippen MR) is 69.9 cm³/mol. The van der Waals surface area contributed by atoms with Crippen molar-refractivity contribution in [2.45, 2.75) is 39.2 Å². The summed E-state index contributed by atoms with van der Waals surface area (Å²) in [5, 5.41) is 0.816. The first-order chi connectivity index (χ1) is 6.65.